The fourth-order valence-corrected chi connectivity index (χ4v) is 7.18. The number of aryl methyl sites for hydroxylation is 1. The number of hydrogen-bond acceptors (Lipinski definition) is 5. The first-order valence-electron chi connectivity index (χ1n) is 12.6. The highest BCUT2D eigenvalue weighted by molar-refractivity contribution is 7.89. The topological polar surface area (TPSA) is 73.0 Å². The lowest BCUT2D eigenvalue weighted by molar-refractivity contribution is -0.127. The number of piperidine rings is 1. The van der Waals surface area contributed by atoms with Crippen molar-refractivity contribution in [3.8, 4) is 0 Å². The van der Waals surface area contributed by atoms with Gasteiger partial charge in [-0.3, -0.25) is 9.69 Å². The van der Waals surface area contributed by atoms with Crippen molar-refractivity contribution in [2.75, 3.05) is 52.9 Å². The van der Waals surface area contributed by atoms with Crippen LogP contribution in [0.2, 0.25) is 0 Å². The summed E-state index contributed by atoms with van der Waals surface area (Å²) >= 11 is 0. The Bertz CT molecular complexity index is 907. The zero-order valence-corrected chi connectivity index (χ0v) is 23.5. The highest BCUT2D eigenvalue weighted by Gasteiger charge is 2.40. The zero-order valence-electron chi connectivity index (χ0n) is 21.1. The summed E-state index contributed by atoms with van der Waals surface area (Å²) in [4.78, 5) is 18.4. The SMILES string of the molecule is Cc1ccc(S(=O)(=O)N2CCC(C(=O)NCC3(N4CCN(C)CC4)CCCCC3)CC2)cc1.Cl.Cl. The Hall–Kier alpha value is -0.900. The van der Waals surface area contributed by atoms with Crippen molar-refractivity contribution in [1.82, 2.24) is 19.4 Å². The van der Waals surface area contributed by atoms with Crippen molar-refractivity contribution in [3.05, 3.63) is 29.8 Å². The van der Waals surface area contributed by atoms with Crippen molar-refractivity contribution in [3.63, 3.8) is 0 Å². The normalized spacial score (nSPS) is 22.6. The molecule has 0 spiro atoms. The van der Waals surface area contributed by atoms with E-state index in [9.17, 15) is 13.2 Å². The smallest absolute Gasteiger partial charge is 0.243 e. The maximum atomic E-state index is 13.1. The standard InChI is InChI=1S/C25H40N4O3S.2ClH/c1-21-6-8-23(9-7-21)33(31,32)29-14-10-22(11-15-29)24(30)26-20-25(12-4-3-5-13-25)28-18-16-27(2)17-19-28;;/h6-9,22H,3-5,10-20H2,1-2H3,(H,26,30);2*1H. The second-order valence-electron chi connectivity index (χ2n) is 10.3. The molecular weight excluding hydrogens is 507 g/mol. The van der Waals surface area contributed by atoms with E-state index in [0.717, 1.165) is 51.1 Å². The van der Waals surface area contributed by atoms with Crippen molar-refractivity contribution in [1.29, 1.82) is 0 Å². The molecule has 1 aliphatic carbocycles. The number of carbonyl (C=O) groups excluding carboxylic acids is 1. The van der Waals surface area contributed by atoms with Gasteiger partial charge in [0.05, 0.1) is 4.90 Å². The van der Waals surface area contributed by atoms with Crippen LogP contribution in [0, 0.1) is 12.8 Å². The maximum Gasteiger partial charge on any atom is 0.243 e. The number of nitrogens with zero attached hydrogens (tertiary/aromatic N) is 3. The Morgan fingerprint density at radius 2 is 1.51 bits per heavy atom. The molecule has 0 unspecified atom stereocenters. The van der Waals surface area contributed by atoms with Gasteiger partial charge in [0.15, 0.2) is 0 Å². The van der Waals surface area contributed by atoms with Crippen LogP contribution in [-0.2, 0) is 14.8 Å². The van der Waals surface area contributed by atoms with E-state index in [2.05, 4.69) is 22.2 Å². The minimum absolute atomic E-state index is 0. The van der Waals surface area contributed by atoms with Crippen LogP contribution in [0.3, 0.4) is 0 Å². The number of amides is 1. The second-order valence-corrected chi connectivity index (χ2v) is 12.2. The van der Waals surface area contributed by atoms with E-state index in [4.69, 9.17) is 0 Å². The lowest BCUT2D eigenvalue weighted by Crippen LogP contribution is -2.61. The molecule has 1 aromatic rings. The van der Waals surface area contributed by atoms with Gasteiger partial charge >= 0.3 is 0 Å². The largest absolute Gasteiger partial charge is 0.354 e. The number of nitrogens with one attached hydrogen (secondary N) is 1. The first-order chi connectivity index (χ1) is 15.8. The molecule has 0 aromatic heterocycles. The summed E-state index contributed by atoms with van der Waals surface area (Å²) in [5, 5.41) is 3.30. The molecule has 10 heteroatoms. The molecule has 35 heavy (non-hydrogen) atoms. The quantitative estimate of drug-likeness (QED) is 0.590. The molecule has 1 saturated carbocycles. The molecule has 1 aromatic carbocycles. The number of likely N-dealkylation sites (N-methyl/N-ethyl adjacent to an activating group) is 1. The van der Waals surface area contributed by atoms with Gasteiger partial charge in [-0.25, -0.2) is 8.42 Å². The number of piperazine rings is 1. The van der Waals surface area contributed by atoms with Crippen LogP contribution in [-0.4, -0.2) is 86.8 Å². The van der Waals surface area contributed by atoms with Gasteiger partial charge in [-0.05, 0) is 51.8 Å². The van der Waals surface area contributed by atoms with Gasteiger partial charge < -0.3 is 10.2 Å². The summed E-state index contributed by atoms with van der Waals surface area (Å²) < 4.78 is 27.5. The highest BCUT2D eigenvalue weighted by Crippen LogP contribution is 2.34. The van der Waals surface area contributed by atoms with Crippen LogP contribution >= 0.6 is 24.8 Å². The minimum atomic E-state index is -3.50. The molecule has 2 aliphatic heterocycles. The van der Waals surface area contributed by atoms with Gasteiger partial charge in [-0.1, -0.05) is 37.0 Å². The number of halogens is 2. The van der Waals surface area contributed by atoms with Gasteiger partial charge in [-0.2, -0.15) is 4.31 Å². The Balaban J connectivity index is 0.00000216. The summed E-state index contributed by atoms with van der Waals surface area (Å²) in [5.41, 5.74) is 1.13. The fraction of sp³-hybridized carbons (Fsp3) is 0.720. The summed E-state index contributed by atoms with van der Waals surface area (Å²) in [5.74, 6) is -0.0101. The molecule has 2 saturated heterocycles. The van der Waals surface area contributed by atoms with Crippen molar-refractivity contribution < 1.29 is 13.2 Å². The molecular formula is C25H42Cl2N4O3S. The van der Waals surface area contributed by atoms with E-state index in [1.54, 1.807) is 12.1 Å². The lowest BCUT2D eigenvalue weighted by atomic mass is 9.79. The van der Waals surface area contributed by atoms with Crippen LogP contribution in [0.4, 0.5) is 0 Å². The van der Waals surface area contributed by atoms with Crippen LogP contribution in [0.5, 0.6) is 0 Å². The van der Waals surface area contributed by atoms with Crippen LogP contribution in [0.1, 0.15) is 50.5 Å². The minimum Gasteiger partial charge on any atom is -0.354 e. The third-order valence-corrected chi connectivity index (χ3v) is 9.95. The number of benzene rings is 1. The van der Waals surface area contributed by atoms with Gasteiger partial charge in [0, 0.05) is 57.3 Å². The molecule has 0 radical (unpaired) electrons. The molecule has 0 atom stereocenters. The number of carbonyl (C=O) groups is 1. The molecule has 4 rings (SSSR count). The molecule has 2 heterocycles. The van der Waals surface area contributed by atoms with E-state index in [-0.39, 0.29) is 42.2 Å². The molecule has 3 aliphatic rings. The summed E-state index contributed by atoms with van der Waals surface area (Å²) in [6.45, 7) is 7.78. The molecule has 1 amide bonds. The summed E-state index contributed by atoms with van der Waals surface area (Å²) in [6.07, 6.45) is 7.23. The van der Waals surface area contributed by atoms with Gasteiger partial charge in [0.25, 0.3) is 0 Å². The van der Waals surface area contributed by atoms with E-state index in [1.807, 2.05) is 19.1 Å². The lowest BCUT2D eigenvalue weighted by Gasteiger charge is -2.49. The van der Waals surface area contributed by atoms with Crippen LogP contribution in [0.15, 0.2) is 29.2 Å². The molecule has 200 valence electrons. The predicted octanol–water partition coefficient (Wildman–Crippen LogP) is 3.31. The van der Waals surface area contributed by atoms with Gasteiger partial charge in [-0.15, -0.1) is 24.8 Å². The monoisotopic (exact) mass is 548 g/mol. The maximum absolute atomic E-state index is 13.1. The predicted molar refractivity (Wildman–Crippen MR) is 145 cm³/mol. The number of hydrogen-bond donors (Lipinski definition) is 1. The average Bonchev–Trinajstić information content (AvgIpc) is 2.84. The third-order valence-electron chi connectivity index (χ3n) is 8.03. The number of rotatable bonds is 6. The van der Waals surface area contributed by atoms with Crippen LogP contribution in [0.25, 0.3) is 0 Å². The Kier molecular flexibility index (Phi) is 11.3. The van der Waals surface area contributed by atoms with E-state index >= 15 is 0 Å². The van der Waals surface area contributed by atoms with Crippen molar-refractivity contribution in [2.24, 2.45) is 5.92 Å². The zero-order chi connectivity index (χ0) is 23.5. The Morgan fingerprint density at radius 1 is 0.943 bits per heavy atom. The average molecular weight is 550 g/mol. The van der Waals surface area contributed by atoms with E-state index in [0.29, 0.717) is 30.8 Å². The first kappa shape index (κ1) is 30.3. The van der Waals surface area contributed by atoms with E-state index in [1.165, 1.54) is 23.6 Å². The second kappa shape index (κ2) is 13.1. The van der Waals surface area contributed by atoms with Crippen molar-refractivity contribution in [2.45, 2.75) is 62.3 Å². The summed E-state index contributed by atoms with van der Waals surface area (Å²) in [7, 11) is -1.32. The Labute approximate surface area is 223 Å². The first-order valence-corrected chi connectivity index (χ1v) is 14.0. The van der Waals surface area contributed by atoms with Gasteiger partial charge in [0.1, 0.15) is 0 Å². The molecule has 0 bridgehead atoms. The third kappa shape index (κ3) is 7.11. The highest BCUT2D eigenvalue weighted by atomic mass is 35.5. The van der Waals surface area contributed by atoms with Gasteiger partial charge in [0.2, 0.25) is 15.9 Å². The van der Waals surface area contributed by atoms with Crippen molar-refractivity contribution >= 4 is 40.7 Å². The molecule has 7 nitrogen and oxygen atoms in total. The molecule has 3 fully saturated rings. The summed E-state index contributed by atoms with van der Waals surface area (Å²) in [6, 6.07) is 7.00. The fourth-order valence-electron chi connectivity index (χ4n) is 5.71. The van der Waals surface area contributed by atoms with Crippen LogP contribution < -0.4 is 5.32 Å². The number of sulfonamides is 1. The molecule has 1 N–H and O–H groups in total. The Morgan fingerprint density at radius 3 is 2.09 bits per heavy atom. The van der Waals surface area contributed by atoms with E-state index < -0.39 is 10.0 Å².